The fourth-order valence-electron chi connectivity index (χ4n) is 2.36. The second kappa shape index (κ2) is 7.34. The lowest BCUT2D eigenvalue weighted by molar-refractivity contribution is -0.141. The Labute approximate surface area is 164 Å². The number of para-hydroxylation sites is 1. The van der Waals surface area contributed by atoms with Crippen molar-refractivity contribution >= 4 is 21.4 Å². The molecule has 0 aliphatic carbocycles. The van der Waals surface area contributed by atoms with Crippen molar-refractivity contribution in [3.05, 3.63) is 76.6 Å². The molecule has 0 atom stereocenters. The molecule has 144 valence electrons. The van der Waals surface area contributed by atoms with Gasteiger partial charge in [0, 0.05) is 17.9 Å². The van der Waals surface area contributed by atoms with Crippen LogP contribution in [0.5, 0.6) is 0 Å². The van der Waals surface area contributed by atoms with Gasteiger partial charge in [-0.05, 0) is 36.3 Å². The minimum Gasteiger partial charge on any atom is -0.224 e. The zero-order valence-electron chi connectivity index (χ0n) is 14.3. The van der Waals surface area contributed by atoms with E-state index in [1.54, 1.807) is 18.2 Å². The molecule has 0 spiro atoms. The molecule has 4 nitrogen and oxygen atoms in total. The fraction of sp³-hybridized carbons (Fsp3) is 0.105. The zero-order valence-corrected chi connectivity index (χ0v) is 15.9. The van der Waals surface area contributed by atoms with Crippen molar-refractivity contribution in [1.29, 1.82) is 0 Å². The molecule has 9 heteroatoms. The number of alkyl halides is 3. The Balaban J connectivity index is 2.12. The Hall–Kier alpha value is -2.76. The van der Waals surface area contributed by atoms with Crippen molar-refractivity contribution in [2.75, 3.05) is 6.26 Å². The van der Waals surface area contributed by atoms with E-state index in [2.05, 4.69) is 16.9 Å². The van der Waals surface area contributed by atoms with E-state index in [1.165, 1.54) is 30.3 Å². The summed E-state index contributed by atoms with van der Waals surface area (Å²) in [5, 5.41) is 3.80. The van der Waals surface area contributed by atoms with Gasteiger partial charge in [-0.15, -0.1) is 0 Å². The molecule has 0 fully saturated rings. The summed E-state index contributed by atoms with van der Waals surface area (Å²) in [4.78, 5) is 0.0647. The van der Waals surface area contributed by atoms with Gasteiger partial charge in [0.15, 0.2) is 15.5 Å². The van der Waals surface area contributed by atoms with Gasteiger partial charge in [0.2, 0.25) is 0 Å². The van der Waals surface area contributed by atoms with Crippen LogP contribution in [0.25, 0.3) is 5.69 Å². The molecule has 1 aromatic heterocycles. The lowest BCUT2D eigenvalue weighted by atomic mass is 10.2. The average Bonchev–Trinajstić information content (AvgIpc) is 3.04. The summed E-state index contributed by atoms with van der Waals surface area (Å²) in [5.74, 6) is 5.31. The van der Waals surface area contributed by atoms with E-state index in [4.69, 9.17) is 11.6 Å². The predicted molar refractivity (Wildman–Crippen MR) is 99.1 cm³/mol. The van der Waals surface area contributed by atoms with Crippen LogP contribution in [0.4, 0.5) is 13.2 Å². The van der Waals surface area contributed by atoms with Crippen molar-refractivity contribution in [2.24, 2.45) is 0 Å². The number of hydrogen-bond acceptors (Lipinski definition) is 3. The lowest BCUT2D eigenvalue weighted by Crippen LogP contribution is -2.07. The van der Waals surface area contributed by atoms with Crippen LogP contribution in [0.1, 0.15) is 17.0 Å². The Bertz CT molecular complexity index is 1210. The molecule has 2 aromatic carbocycles. The summed E-state index contributed by atoms with van der Waals surface area (Å²) in [6.45, 7) is 0. The highest BCUT2D eigenvalue weighted by atomic mass is 35.5. The normalized spacial score (nSPS) is 11.8. The summed E-state index contributed by atoms with van der Waals surface area (Å²) < 4.78 is 63.7. The summed E-state index contributed by atoms with van der Waals surface area (Å²) in [7, 11) is -3.43. The van der Waals surface area contributed by atoms with Gasteiger partial charge in [-0.1, -0.05) is 35.7 Å². The van der Waals surface area contributed by atoms with E-state index in [9.17, 15) is 21.6 Å². The number of benzene rings is 2. The third kappa shape index (κ3) is 4.38. The highest BCUT2D eigenvalue weighted by Crippen LogP contribution is 2.30. The molecule has 0 unspecified atom stereocenters. The first-order valence-electron chi connectivity index (χ1n) is 7.80. The number of aromatic nitrogens is 2. The molecule has 3 rings (SSSR count). The molecule has 1 heterocycles. The number of rotatable bonds is 2. The second-order valence-electron chi connectivity index (χ2n) is 5.83. The largest absolute Gasteiger partial charge is 0.435 e. The third-order valence-corrected chi connectivity index (χ3v) is 5.11. The van der Waals surface area contributed by atoms with Gasteiger partial charge in [-0.3, -0.25) is 0 Å². The zero-order chi connectivity index (χ0) is 20.5. The van der Waals surface area contributed by atoms with Gasteiger partial charge in [-0.25, -0.2) is 13.1 Å². The number of sulfone groups is 1. The first-order chi connectivity index (χ1) is 13.1. The maximum absolute atomic E-state index is 13.1. The molecule has 0 radical (unpaired) electrons. The molecular formula is C19H12ClF3N2O2S. The van der Waals surface area contributed by atoms with Crippen LogP contribution in [-0.4, -0.2) is 24.5 Å². The maximum atomic E-state index is 13.1. The topological polar surface area (TPSA) is 52.0 Å². The third-order valence-electron chi connectivity index (χ3n) is 3.68. The molecule has 0 amide bonds. The molecule has 0 aliphatic rings. The standard InChI is InChI=1S/C19H12ClF3N2O2S/c1-28(26,27)15-6-4-5-13(11-15)9-10-14-12-18(19(21,22)23)24-25(14)17-8-3-2-7-16(17)20/h2-8,11-12H,1H3. The van der Waals surface area contributed by atoms with Crippen molar-refractivity contribution in [3.8, 4) is 17.5 Å². The van der Waals surface area contributed by atoms with Crippen LogP contribution in [0.15, 0.2) is 59.5 Å². The van der Waals surface area contributed by atoms with Crippen LogP contribution >= 0.6 is 11.6 Å². The molecule has 0 saturated heterocycles. The number of nitrogens with zero attached hydrogens (tertiary/aromatic N) is 2. The summed E-state index contributed by atoms with van der Waals surface area (Å²) in [6.07, 6.45) is -3.60. The monoisotopic (exact) mass is 424 g/mol. The van der Waals surface area contributed by atoms with E-state index in [0.717, 1.165) is 17.0 Å². The van der Waals surface area contributed by atoms with Crippen LogP contribution in [-0.2, 0) is 16.0 Å². The highest BCUT2D eigenvalue weighted by molar-refractivity contribution is 7.90. The van der Waals surface area contributed by atoms with Gasteiger partial charge in [-0.2, -0.15) is 18.3 Å². The molecule has 0 aliphatic heterocycles. The second-order valence-corrected chi connectivity index (χ2v) is 8.25. The molecular weight excluding hydrogens is 413 g/mol. The lowest BCUT2D eigenvalue weighted by Gasteiger charge is -2.06. The van der Waals surface area contributed by atoms with Crippen molar-refractivity contribution in [2.45, 2.75) is 11.1 Å². The molecule has 3 aromatic rings. The molecule has 0 N–H and O–H groups in total. The summed E-state index contributed by atoms with van der Waals surface area (Å²) in [5.41, 5.74) is -0.566. The van der Waals surface area contributed by atoms with Crippen LogP contribution < -0.4 is 0 Å². The predicted octanol–water partition coefficient (Wildman–Crippen LogP) is 4.35. The Kier molecular flexibility index (Phi) is 5.24. The van der Waals surface area contributed by atoms with Gasteiger partial charge in [0.05, 0.1) is 15.6 Å². The summed E-state index contributed by atoms with van der Waals surface area (Å²) >= 11 is 6.09. The Morgan fingerprint density at radius 3 is 2.39 bits per heavy atom. The Morgan fingerprint density at radius 1 is 1.04 bits per heavy atom. The molecule has 0 saturated carbocycles. The number of hydrogen-bond donors (Lipinski definition) is 0. The summed E-state index contributed by atoms with van der Waals surface area (Å²) in [6, 6.07) is 12.9. The SMILES string of the molecule is CS(=O)(=O)c1cccc(C#Cc2cc(C(F)(F)F)nn2-c2ccccc2Cl)c1. The quantitative estimate of drug-likeness (QED) is 0.575. The van der Waals surface area contributed by atoms with Crippen molar-refractivity contribution in [3.63, 3.8) is 0 Å². The van der Waals surface area contributed by atoms with Gasteiger partial charge in [0.1, 0.15) is 5.69 Å². The molecule has 28 heavy (non-hydrogen) atoms. The van der Waals surface area contributed by atoms with Crippen LogP contribution in [0.3, 0.4) is 0 Å². The van der Waals surface area contributed by atoms with Gasteiger partial charge >= 0.3 is 6.18 Å². The van der Waals surface area contributed by atoms with E-state index in [0.29, 0.717) is 5.56 Å². The van der Waals surface area contributed by atoms with Crippen LogP contribution in [0.2, 0.25) is 5.02 Å². The van der Waals surface area contributed by atoms with E-state index in [1.807, 2.05) is 0 Å². The fourth-order valence-corrected chi connectivity index (χ4v) is 3.24. The smallest absolute Gasteiger partial charge is 0.224 e. The number of halogens is 4. The average molecular weight is 425 g/mol. The van der Waals surface area contributed by atoms with Crippen LogP contribution in [0, 0.1) is 11.8 Å². The Morgan fingerprint density at radius 2 is 1.75 bits per heavy atom. The minimum absolute atomic E-state index is 0.0369. The molecule has 0 bridgehead atoms. The maximum Gasteiger partial charge on any atom is 0.435 e. The first kappa shape index (κ1) is 20.0. The van der Waals surface area contributed by atoms with E-state index < -0.39 is 21.7 Å². The van der Waals surface area contributed by atoms with Gasteiger partial charge < -0.3 is 0 Å². The van der Waals surface area contributed by atoms with Crippen molar-refractivity contribution in [1.82, 2.24) is 9.78 Å². The first-order valence-corrected chi connectivity index (χ1v) is 10.1. The van der Waals surface area contributed by atoms with E-state index >= 15 is 0 Å². The van der Waals surface area contributed by atoms with E-state index in [-0.39, 0.29) is 21.3 Å². The highest BCUT2D eigenvalue weighted by Gasteiger charge is 2.35. The van der Waals surface area contributed by atoms with Gasteiger partial charge in [0.25, 0.3) is 0 Å². The minimum atomic E-state index is -4.65. The van der Waals surface area contributed by atoms with Crippen molar-refractivity contribution < 1.29 is 21.6 Å².